The summed E-state index contributed by atoms with van der Waals surface area (Å²) in [6.07, 6.45) is -0.413. The first-order valence-corrected chi connectivity index (χ1v) is 5.60. The number of ether oxygens (including phenoxy) is 2. The minimum Gasteiger partial charge on any atom is -0.389 e. The molecule has 0 fully saturated rings. The molecular weight excluding hydrogens is 194 g/mol. The van der Waals surface area contributed by atoms with E-state index in [0.717, 1.165) is 6.54 Å². The summed E-state index contributed by atoms with van der Waals surface area (Å²) >= 11 is 0. The van der Waals surface area contributed by atoms with Crippen molar-refractivity contribution < 1.29 is 14.6 Å². The largest absolute Gasteiger partial charge is 0.389 e. The minimum atomic E-state index is -0.413. The van der Waals surface area contributed by atoms with Crippen molar-refractivity contribution in [1.82, 2.24) is 4.90 Å². The van der Waals surface area contributed by atoms with Crippen molar-refractivity contribution in [3.05, 3.63) is 0 Å². The van der Waals surface area contributed by atoms with E-state index < -0.39 is 6.10 Å². The molecule has 1 unspecified atom stereocenters. The van der Waals surface area contributed by atoms with Gasteiger partial charge in [-0.15, -0.1) is 0 Å². The van der Waals surface area contributed by atoms with Crippen molar-refractivity contribution in [2.24, 2.45) is 0 Å². The summed E-state index contributed by atoms with van der Waals surface area (Å²) in [5.74, 6) is 0. The van der Waals surface area contributed by atoms with Gasteiger partial charge in [0.25, 0.3) is 0 Å². The molecule has 1 atom stereocenters. The van der Waals surface area contributed by atoms with Crippen LogP contribution in [0.5, 0.6) is 0 Å². The summed E-state index contributed by atoms with van der Waals surface area (Å²) in [7, 11) is 1.64. The standard InChI is InChI=1S/C11H25NO3/c1-5-12(10(2)3)8-11(13)9-15-7-6-14-4/h10-11,13H,5-9H2,1-4H3. The van der Waals surface area contributed by atoms with Gasteiger partial charge >= 0.3 is 0 Å². The van der Waals surface area contributed by atoms with Crippen LogP contribution in [0.3, 0.4) is 0 Å². The van der Waals surface area contributed by atoms with Crippen LogP contribution >= 0.6 is 0 Å². The Bertz CT molecular complexity index is 142. The second-order valence-corrected chi connectivity index (χ2v) is 3.90. The molecule has 0 rings (SSSR count). The molecule has 0 aromatic carbocycles. The molecule has 15 heavy (non-hydrogen) atoms. The van der Waals surface area contributed by atoms with Gasteiger partial charge < -0.3 is 14.6 Å². The monoisotopic (exact) mass is 219 g/mol. The molecule has 0 radical (unpaired) electrons. The second-order valence-electron chi connectivity index (χ2n) is 3.90. The van der Waals surface area contributed by atoms with Crippen LogP contribution in [0.25, 0.3) is 0 Å². The molecule has 0 saturated carbocycles. The molecule has 0 heterocycles. The van der Waals surface area contributed by atoms with Crippen molar-refractivity contribution in [3.63, 3.8) is 0 Å². The molecule has 4 nitrogen and oxygen atoms in total. The third-order valence-corrected chi connectivity index (χ3v) is 2.32. The molecule has 0 amide bonds. The fourth-order valence-electron chi connectivity index (χ4n) is 1.39. The van der Waals surface area contributed by atoms with E-state index in [1.807, 2.05) is 0 Å². The van der Waals surface area contributed by atoms with E-state index in [9.17, 15) is 5.11 Å². The number of aliphatic hydroxyl groups is 1. The number of aliphatic hydroxyl groups excluding tert-OH is 1. The average molecular weight is 219 g/mol. The summed E-state index contributed by atoms with van der Waals surface area (Å²) < 4.78 is 10.1. The smallest absolute Gasteiger partial charge is 0.0900 e. The molecule has 0 aliphatic heterocycles. The maximum absolute atomic E-state index is 9.69. The van der Waals surface area contributed by atoms with Gasteiger partial charge in [0, 0.05) is 19.7 Å². The SMILES string of the molecule is CCN(CC(O)COCCOC)C(C)C. The Balaban J connectivity index is 3.57. The van der Waals surface area contributed by atoms with Crippen molar-refractivity contribution in [2.75, 3.05) is 40.0 Å². The zero-order valence-electron chi connectivity index (χ0n) is 10.4. The summed E-state index contributed by atoms with van der Waals surface area (Å²) in [6, 6.07) is 0.462. The lowest BCUT2D eigenvalue weighted by Gasteiger charge is -2.27. The lowest BCUT2D eigenvalue weighted by molar-refractivity contribution is -0.00365. The highest BCUT2D eigenvalue weighted by molar-refractivity contribution is 4.66. The lowest BCUT2D eigenvalue weighted by atomic mass is 10.2. The highest BCUT2D eigenvalue weighted by atomic mass is 16.5. The van der Waals surface area contributed by atoms with Crippen LogP contribution < -0.4 is 0 Å². The number of hydrogen-bond donors (Lipinski definition) is 1. The van der Waals surface area contributed by atoms with Crippen LogP contribution in [-0.4, -0.2) is 62.2 Å². The predicted octanol–water partition coefficient (Wildman–Crippen LogP) is 0.741. The summed E-state index contributed by atoms with van der Waals surface area (Å²) in [5, 5.41) is 9.69. The zero-order valence-corrected chi connectivity index (χ0v) is 10.4. The molecule has 0 aliphatic carbocycles. The Hall–Kier alpha value is -0.160. The first-order chi connectivity index (χ1) is 7.11. The molecule has 4 heteroatoms. The quantitative estimate of drug-likeness (QED) is 0.581. The zero-order chi connectivity index (χ0) is 11.7. The molecule has 0 aromatic heterocycles. The molecule has 0 bridgehead atoms. The van der Waals surface area contributed by atoms with Crippen LogP contribution in [0.4, 0.5) is 0 Å². The van der Waals surface area contributed by atoms with E-state index in [1.165, 1.54) is 0 Å². The van der Waals surface area contributed by atoms with Gasteiger partial charge in [-0.05, 0) is 20.4 Å². The van der Waals surface area contributed by atoms with E-state index in [-0.39, 0.29) is 0 Å². The number of likely N-dealkylation sites (N-methyl/N-ethyl adjacent to an activating group) is 1. The first kappa shape index (κ1) is 14.8. The van der Waals surface area contributed by atoms with E-state index in [1.54, 1.807) is 7.11 Å². The molecule has 92 valence electrons. The van der Waals surface area contributed by atoms with Gasteiger partial charge in [0.15, 0.2) is 0 Å². The fraction of sp³-hybridized carbons (Fsp3) is 1.00. The van der Waals surface area contributed by atoms with Gasteiger partial charge in [0.05, 0.1) is 25.9 Å². The number of nitrogens with zero attached hydrogens (tertiary/aromatic N) is 1. The molecule has 1 N–H and O–H groups in total. The maximum atomic E-state index is 9.69. The topological polar surface area (TPSA) is 41.9 Å². The Labute approximate surface area is 93.2 Å². The Kier molecular flexibility index (Phi) is 9.00. The van der Waals surface area contributed by atoms with Crippen LogP contribution in [0.1, 0.15) is 20.8 Å². The molecule has 0 aromatic rings. The minimum absolute atomic E-state index is 0.382. The highest BCUT2D eigenvalue weighted by Crippen LogP contribution is 1.99. The number of rotatable bonds is 9. The predicted molar refractivity (Wildman–Crippen MR) is 61.1 cm³/mol. The van der Waals surface area contributed by atoms with Crippen LogP contribution in [-0.2, 0) is 9.47 Å². The van der Waals surface area contributed by atoms with Crippen molar-refractivity contribution >= 4 is 0 Å². The highest BCUT2D eigenvalue weighted by Gasteiger charge is 2.12. The van der Waals surface area contributed by atoms with Crippen molar-refractivity contribution in [3.8, 4) is 0 Å². The van der Waals surface area contributed by atoms with Gasteiger partial charge in [-0.3, -0.25) is 4.90 Å². The average Bonchev–Trinajstić information content (AvgIpc) is 2.20. The van der Waals surface area contributed by atoms with E-state index in [2.05, 4.69) is 25.7 Å². The molecule has 0 saturated heterocycles. The third kappa shape index (κ3) is 7.73. The van der Waals surface area contributed by atoms with Gasteiger partial charge in [-0.2, -0.15) is 0 Å². The Morgan fingerprint density at radius 1 is 1.27 bits per heavy atom. The number of hydrogen-bond acceptors (Lipinski definition) is 4. The van der Waals surface area contributed by atoms with E-state index >= 15 is 0 Å². The fourth-order valence-corrected chi connectivity index (χ4v) is 1.39. The molecule has 0 spiro atoms. The number of methoxy groups -OCH3 is 1. The Morgan fingerprint density at radius 2 is 1.93 bits per heavy atom. The summed E-state index contributed by atoms with van der Waals surface area (Å²) in [5.41, 5.74) is 0. The van der Waals surface area contributed by atoms with Crippen molar-refractivity contribution in [2.45, 2.75) is 32.9 Å². The van der Waals surface area contributed by atoms with Crippen LogP contribution in [0.2, 0.25) is 0 Å². The summed E-state index contributed by atoms with van der Waals surface area (Å²) in [4.78, 5) is 2.21. The lowest BCUT2D eigenvalue weighted by Crippen LogP contribution is -2.39. The van der Waals surface area contributed by atoms with Gasteiger partial charge in [0.2, 0.25) is 0 Å². The summed E-state index contributed by atoms with van der Waals surface area (Å²) in [6.45, 7) is 9.47. The third-order valence-electron chi connectivity index (χ3n) is 2.32. The molecule has 0 aliphatic rings. The maximum Gasteiger partial charge on any atom is 0.0900 e. The van der Waals surface area contributed by atoms with Gasteiger partial charge in [0.1, 0.15) is 0 Å². The normalized spacial score (nSPS) is 13.8. The van der Waals surface area contributed by atoms with Crippen LogP contribution in [0.15, 0.2) is 0 Å². The molecular formula is C11H25NO3. The van der Waals surface area contributed by atoms with Crippen molar-refractivity contribution in [1.29, 1.82) is 0 Å². The first-order valence-electron chi connectivity index (χ1n) is 5.60. The van der Waals surface area contributed by atoms with E-state index in [4.69, 9.17) is 9.47 Å². The van der Waals surface area contributed by atoms with Gasteiger partial charge in [-0.25, -0.2) is 0 Å². The van der Waals surface area contributed by atoms with E-state index in [0.29, 0.717) is 32.4 Å². The second kappa shape index (κ2) is 9.09. The Morgan fingerprint density at radius 3 is 2.40 bits per heavy atom. The van der Waals surface area contributed by atoms with Gasteiger partial charge in [-0.1, -0.05) is 6.92 Å². The van der Waals surface area contributed by atoms with Crippen LogP contribution in [0, 0.1) is 0 Å².